The standard InChI is InChI=1S/C19H17N5O3/c25-17(12-24-16-4-2-1-3-15(16)21-11-18(24)26)22-13-5-7-14(8-6-13)23-10-9-20-19(23)27/h1-8,11H,9-10,12H2,(H,20,27)(H,22,25). The Morgan fingerprint density at radius 2 is 1.89 bits per heavy atom. The molecule has 1 aromatic heterocycles. The maximum atomic E-state index is 12.4. The van der Waals surface area contributed by atoms with Gasteiger partial charge in [-0.2, -0.15) is 0 Å². The molecule has 0 bridgehead atoms. The predicted molar refractivity (Wildman–Crippen MR) is 102 cm³/mol. The Bertz CT molecular complexity index is 1070. The maximum Gasteiger partial charge on any atom is 0.321 e. The Hall–Kier alpha value is -3.68. The van der Waals surface area contributed by atoms with Crippen molar-refractivity contribution in [3.8, 4) is 0 Å². The van der Waals surface area contributed by atoms with Crippen LogP contribution in [0.4, 0.5) is 16.2 Å². The number of urea groups is 1. The summed E-state index contributed by atoms with van der Waals surface area (Å²) in [6.07, 6.45) is 1.21. The number of fused-ring (bicyclic) bond motifs is 1. The number of rotatable bonds is 4. The number of anilines is 2. The molecule has 0 atom stereocenters. The van der Waals surface area contributed by atoms with Gasteiger partial charge < -0.3 is 10.6 Å². The smallest absolute Gasteiger partial charge is 0.321 e. The lowest BCUT2D eigenvalue weighted by Crippen LogP contribution is -2.28. The molecular weight excluding hydrogens is 346 g/mol. The first-order chi connectivity index (χ1) is 13.1. The third-order valence-corrected chi connectivity index (χ3v) is 4.37. The summed E-state index contributed by atoms with van der Waals surface area (Å²) in [6.45, 7) is 1.12. The monoisotopic (exact) mass is 363 g/mol. The van der Waals surface area contributed by atoms with Crippen LogP contribution >= 0.6 is 0 Å². The minimum atomic E-state index is -0.334. The molecule has 1 aliphatic heterocycles. The summed E-state index contributed by atoms with van der Waals surface area (Å²) >= 11 is 0. The van der Waals surface area contributed by atoms with Crippen molar-refractivity contribution in [2.75, 3.05) is 23.3 Å². The molecule has 0 saturated carbocycles. The van der Waals surface area contributed by atoms with E-state index in [0.717, 1.165) is 5.69 Å². The average Bonchev–Trinajstić information content (AvgIpc) is 3.11. The van der Waals surface area contributed by atoms with Crippen molar-refractivity contribution in [2.24, 2.45) is 0 Å². The summed E-state index contributed by atoms with van der Waals surface area (Å²) < 4.78 is 1.39. The Labute approximate surface area is 154 Å². The van der Waals surface area contributed by atoms with Gasteiger partial charge in [-0.1, -0.05) is 12.1 Å². The van der Waals surface area contributed by atoms with E-state index in [1.807, 2.05) is 6.07 Å². The molecule has 0 unspecified atom stereocenters. The fraction of sp³-hybridized carbons (Fsp3) is 0.158. The number of benzene rings is 2. The lowest BCUT2D eigenvalue weighted by molar-refractivity contribution is -0.116. The molecular formula is C19H17N5O3. The SMILES string of the molecule is O=C(Cn1c(=O)cnc2ccccc21)Nc1ccc(N2CCNC2=O)cc1. The zero-order valence-electron chi connectivity index (χ0n) is 14.4. The van der Waals surface area contributed by atoms with E-state index in [2.05, 4.69) is 15.6 Å². The molecule has 2 aromatic carbocycles. The first-order valence-electron chi connectivity index (χ1n) is 8.52. The van der Waals surface area contributed by atoms with Crippen molar-refractivity contribution in [2.45, 2.75) is 6.54 Å². The summed E-state index contributed by atoms with van der Waals surface area (Å²) in [7, 11) is 0. The van der Waals surface area contributed by atoms with E-state index in [9.17, 15) is 14.4 Å². The number of carbonyl (C=O) groups excluding carboxylic acids is 2. The highest BCUT2D eigenvalue weighted by Gasteiger charge is 2.20. The predicted octanol–water partition coefficient (Wildman–Crippen LogP) is 1.56. The Morgan fingerprint density at radius 1 is 1.11 bits per heavy atom. The van der Waals surface area contributed by atoms with Crippen molar-refractivity contribution in [1.29, 1.82) is 0 Å². The number of nitrogens with zero attached hydrogens (tertiary/aromatic N) is 3. The molecule has 4 rings (SSSR count). The molecule has 1 aliphatic rings. The second-order valence-electron chi connectivity index (χ2n) is 6.15. The van der Waals surface area contributed by atoms with Gasteiger partial charge in [0.15, 0.2) is 0 Å². The van der Waals surface area contributed by atoms with Gasteiger partial charge in [0.1, 0.15) is 6.54 Å². The number of amides is 3. The molecule has 8 heteroatoms. The van der Waals surface area contributed by atoms with Crippen LogP contribution in [-0.2, 0) is 11.3 Å². The van der Waals surface area contributed by atoms with Crippen molar-refractivity contribution in [3.05, 3.63) is 65.1 Å². The van der Waals surface area contributed by atoms with Crippen LogP contribution in [0.1, 0.15) is 0 Å². The topological polar surface area (TPSA) is 96.3 Å². The van der Waals surface area contributed by atoms with Crippen LogP contribution in [0.25, 0.3) is 11.0 Å². The minimum absolute atomic E-state index is 0.113. The average molecular weight is 363 g/mol. The normalized spacial score (nSPS) is 13.6. The molecule has 0 aliphatic carbocycles. The number of carbonyl (C=O) groups is 2. The summed E-state index contributed by atoms with van der Waals surface area (Å²) in [4.78, 5) is 41.9. The molecule has 3 aromatic rings. The lowest BCUT2D eigenvalue weighted by Gasteiger charge is -2.15. The van der Waals surface area contributed by atoms with Crippen molar-refractivity contribution in [1.82, 2.24) is 14.9 Å². The van der Waals surface area contributed by atoms with E-state index in [-0.39, 0.29) is 24.0 Å². The largest absolute Gasteiger partial charge is 0.336 e. The zero-order valence-corrected chi connectivity index (χ0v) is 14.4. The third-order valence-electron chi connectivity index (χ3n) is 4.37. The van der Waals surface area contributed by atoms with Crippen LogP contribution < -0.4 is 21.1 Å². The Morgan fingerprint density at radius 3 is 2.63 bits per heavy atom. The van der Waals surface area contributed by atoms with E-state index < -0.39 is 0 Å². The number of hydrogen-bond donors (Lipinski definition) is 2. The van der Waals surface area contributed by atoms with Crippen LogP contribution in [-0.4, -0.2) is 34.6 Å². The summed E-state index contributed by atoms with van der Waals surface area (Å²) in [5, 5.41) is 5.52. The quantitative estimate of drug-likeness (QED) is 0.735. The van der Waals surface area contributed by atoms with E-state index in [1.165, 1.54) is 10.8 Å². The van der Waals surface area contributed by atoms with Gasteiger partial charge in [-0.25, -0.2) is 9.78 Å². The van der Waals surface area contributed by atoms with Crippen LogP contribution in [0.5, 0.6) is 0 Å². The van der Waals surface area contributed by atoms with Gasteiger partial charge in [0.05, 0.1) is 17.2 Å². The van der Waals surface area contributed by atoms with Crippen LogP contribution in [0.3, 0.4) is 0 Å². The summed E-state index contributed by atoms with van der Waals surface area (Å²) in [5.74, 6) is -0.319. The third kappa shape index (κ3) is 3.37. The van der Waals surface area contributed by atoms with Gasteiger partial charge >= 0.3 is 6.03 Å². The van der Waals surface area contributed by atoms with Gasteiger partial charge in [-0.3, -0.25) is 19.1 Å². The van der Waals surface area contributed by atoms with Gasteiger partial charge in [0.2, 0.25) is 5.91 Å². The molecule has 2 heterocycles. The van der Waals surface area contributed by atoms with E-state index >= 15 is 0 Å². The maximum absolute atomic E-state index is 12.4. The van der Waals surface area contributed by atoms with E-state index in [4.69, 9.17) is 0 Å². The number of para-hydroxylation sites is 2. The van der Waals surface area contributed by atoms with Crippen LogP contribution in [0, 0.1) is 0 Å². The molecule has 1 saturated heterocycles. The number of hydrogen-bond acceptors (Lipinski definition) is 4. The molecule has 2 N–H and O–H groups in total. The molecule has 1 fully saturated rings. The minimum Gasteiger partial charge on any atom is -0.336 e. The van der Waals surface area contributed by atoms with E-state index in [1.54, 1.807) is 47.4 Å². The molecule has 3 amide bonds. The highest BCUT2D eigenvalue weighted by atomic mass is 16.2. The second kappa shape index (κ2) is 6.91. The zero-order chi connectivity index (χ0) is 18.8. The van der Waals surface area contributed by atoms with Crippen LogP contribution in [0.2, 0.25) is 0 Å². The Kier molecular flexibility index (Phi) is 4.29. The van der Waals surface area contributed by atoms with Gasteiger partial charge in [0.25, 0.3) is 5.56 Å². The van der Waals surface area contributed by atoms with Crippen molar-refractivity contribution >= 4 is 34.3 Å². The van der Waals surface area contributed by atoms with Crippen LogP contribution in [0.15, 0.2) is 59.5 Å². The molecule has 8 nitrogen and oxygen atoms in total. The number of nitrogens with one attached hydrogen (secondary N) is 2. The van der Waals surface area contributed by atoms with E-state index in [0.29, 0.717) is 29.8 Å². The summed E-state index contributed by atoms with van der Waals surface area (Å²) in [6, 6.07) is 14.0. The highest BCUT2D eigenvalue weighted by molar-refractivity contribution is 5.95. The molecule has 27 heavy (non-hydrogen) atoms. The first kappa shape index (κ1) is 16.8. The summed E-state index contributed by atoms with van der Waals surface area (Å²) in [5.41, 5.74) is 2.28. The van der Waals surface area contributed by atoms with Crippen molar-refractivity contribution < 1.29 is 9.59 Å². The number of aromatic nitrogens is 2. The van der Waals surface area contributed by atoms with Crippen molar-refractivity contribution in [3.63, 3.8) is 0 Å². The molecule has 0 spiro atoms. The fourth-order valence-corrected chi connectivity index (χ4v) is 3.06. The Balaban J connectivity index is 1.49. The first-order valence-corrected chi connectivity index (χ1v) is 8.52. The van der Waals surface area contributed by atoms with Gasteiger partial charge in [-0.15, -0.1) is 0 Å². The molecule has 0 radical (unpaired) electrons. The second-order valence-corrected chi connectivity index (χ2v) is 6.15. The molecule has 136 valence electrons. The lowest BCUT2D eigenvalue weighted by atomic mass is 10.2. The fourth-order valence-electron chi connectivity index (χ4n) is 3.06. The van der Waals surface area contributed by atoms with Gasteiger partial charge in [0, 0.05) is 24.5 Å². The highest BCUT2D eigenvalue weighted by Crippen LogP contribution is 2.19. The van der Waals surface area contributed by atoms with Gasteiger partial charge in [-0.05, 0) is 36.4 Å².